The highest BCUT2D eigenvalue weighted by Crippen LogP contribution is 2.29. The SMILES string of the molecule is CN(CCO)CCCCOc1ccccc1-c1ccccc1.Cl. The van der Waals surface area contributed by atoms with Gasteiger partial charge in [-0.15, -0.1) is 12.4 Å². The first-order chi connectivity index (χ1) is 10.8. The van der Waals surface area contributed by atoms with Crippen molar-refractivity contribution >= 4 is 12.4 Å². The van der Waals surface area contributed by atoms with Crippen molar-refractivity contribution in [3.63, 3.8) is 0 Å². The number of aliphatic hydroxyl groups is 1. The number of unbranched alkanes of at least 4 members (excludes halogenated alkanes) is 1. The van der Waals surface area contributed by atoms with E-state index in [1.807, 2.05) is 43.4 Å². The van der Waals surface area contributed by atoms with Gasteiger partial charge in [-0.2, -0.15) is 0 Å². The van der Waals surface area contributed by atoms with Gasteiger partial charge in [0.25, 0.3) is 0 Å². The molecule has 0 saturated heterocycles. The normalized spacial score (nSPS) is 10.4. The maximum absolute atomic E-state index is 8.86. The molecule has 0 atom stereocenters. The van der Waals surface area contributed by atoms with Crippen LogP contribution in [-0.2, 0) is 0 Å². The van der Waals surface area contributed by atoms with E-state index in [-0.39, 0.29) is 19.0 Å². The molecule has 0 saturated carbocycles. The summed E-state index contributed by atoms with van der Waals surface area (Å²) in [5.41, 5.74) is 2.32. The van der Waals surface area contributed by atoms with Crippen molar-refractivity contribution in [2.24, 2.45) is 0 Å². The zero-order valence-electron chi connectivity index (χ0n) is 13.6. The van der Waals surface area contributed by atoms with Gasteiger partial charge < -0.3 is 14.7 Å². The van der Waals surface area contributed by atoms with Crippen LogP contribution in [0.4, 0.5) is 0 Å². The van der Waals surface area contributed by atoms with Gasteiger partial charge in [0, 0.05) is 12.1 Å². The smallest absolute Gasteiger partial charge is 0.127 e. The summed E-state index contributed by atoms with van der Waals surface area (Å²) in [4.78, 5) is 2.14. The first-order valence-electron chi connectivity index (χ1n) is 7.88. The Labute approximate surface area is 145 Å². The van der Waals surface area contributed by atoms with Gasteiger partial charge in [0.1, 0.15) is 5.75 Å². The molecule has 3 nitrogen and oxygen atoms in total. The Morgan fingerprint density at radius 1 is 0.913 bits per heavy atom. The number of nitrogens with zero attached hydrogens (tertiary/aromatic N) is 1. The number of likely N-dealkylation sites (N-methyl/N-ethyl adjacent to an activating group) is 1. The highest BCUT2D eigenvalue weighted by molar-refractivity contribution is 5.85. The summed E-state index contributed by atoms with van der Waals surface area (Å²) in [6, 6.07) is 18.5. The largest absolute Gasteiger partial charge is 0.493 e. The maximum atomic E-state index is 8.86. The summed E-state index contributed by atoms with van der Waals surface area (Å²) in [5, 5.41) is 8.86. The molecule has 2 aromatic carbocycles. The van der Waals surface area contributed by atoms with Crippen LogP contribution in [0.5, 0.6) is 5.75 Å². The van der Waals surface area contributed by atoms with E-state index in [0.717, 1.165) is 43.9 Å². The summed E-state index contributed by atoms with van der Waals surface area (Å²) in [6.45, 7) is 2.66. The third-order valence-corrected chi connectivity index (χ3v) is 3.65. The quantitative estimate of drug-likeness (QED) is 0.706. The minimum Gasteiger partial charge on any atom is -0.493 e. The third-order valence-electron chi connectivity index (χ3n) is 3.65. The van der Waals surface area contributed by atoms with Crippen molar-refractivity contribution in [1.82, 2.24) is 4.90 Å². The Balaban J connectivity index is 0.00000264. The van der Waals surface area contributed by atoms with Crippen LogP contribution in [0.2, 0.25) is 0 Å². The van der Waals surface area contributed by atoms with Crippen molar-refractivity contribution in [3.05, 3.63) is 54.6 Å². The van der Waals surface area contributed by atoms with Gasteiger partial charge in [0.15, 0.2) is 0 Å². The number of aliphatic hydroxyl groups excluding tert-OH is 1. The van der Waals surface area contributed by atoms with Crippen LogP contribution in [0.3, 0.4) is 0 Å². The topological polar surface area (TPSA) is 32.7 Å². The second kappa shape index (κ2) is 11.1. The fourth-order valence-electron chi connectivity index (χ4n) is 2.40. The predicted molar refractivity (Wildman–Crippen MR) is 98.4 cm³/mol. The average molecular weight is 336 g/mol. The van der Waals surface area contributed by atoms with Crippen molar-refractivity contribution in [1.29, 1.82) is 0 Å². The number of para-hydroxylation sites is 1. The fraction of sp³-hybridized carbons (Fsp3) is 0.368. The Bertz CT molecular complexity index is 548. The lowest BCUT2D eigenvalue weighted by Crippen LogP contribution is -2.23. The summed E-state index contributed by atoms with van der Waals surface area (Å²) in [6.07, 6.45) is 2.09. The summed E-state index contributed by atoms with van der Waals surface area (Å²) >= 11 is 0. The van der Waals surface area contributed by atoms with Crippen molar-refractivity contribution in [2.75, 3.05) is 33.4 Å². The lowest BCUT2D eigenvalue weighted by molar-refractivity contribution is 0.215. The van der Waals surface area contributed by atoms with E-state index in [2.05, 4.69) is 23.1 Å². The van der Waals surface area contributed by atoms with Gasteiger partial charge in [-0.1, -0.05) is 48.5 Å². The molecule has 0 fully saturated rings. The Hall–Kier alpha value is -1.55. The van der Waals surface area contributed by atoms with E-state index < -0.39 is 0 Å². The lowest BCUT2D eigenvalue weighted by Gasteiger charge is -2.15. The molecule has 2 rings (SSSR count). The maximum Gasteiger partial charge on any atom is 0.127 e. The molecule has 0 aromatic heterocycles. The van der Waals surface area contributed by atoms with Gasteiger partial charge in [-0.05, 0) is 38.1 Å². The first kappa shape index (κ1) is 19.5. The Kier molecular flexibility index (Phi) is 9.37. The summed E-state index contributed by atoms with van der Waals surface area (Å²) in [7, 11) is 2.03. The molecule has 126 valence electrons. The number of rotatable bonds is 9. The first-order valence-corrected chi connectivity index (χ1v) is 7.88. The minimum atomic E-state index is 0. The monoisotopic (exact) mass is 335 g/mol. The highest BCUT2D eigenvalue weighted by atomic mass is 35.5. The molecule has 0 unspecified atom stereocenters. The van der Waals surface area contributed by atoms with Crippen molar-refractivity contribution in [3.8, 4) is 16.9 Å². The molecule has 0 radical (unpaired) electrons. The summed E-state index contributed by atoms with van der Waals surface area (Å²) < 4.78 is 5.97. The second-order valence-corrected chi connectivity index (χ2v) is 5.44. The van der Waals surface area contributed by atoms with E-state index in [0.29, 0.717) is 0 Å². The van der Waals surface area contributed by atoms with Crippen LogP contribution < -0.4 is 4.74 Å². The second-order valence-electron chi connectivity index (χ2n) is 5.44. The number of hydrogen-bond acceptors (Lipinski definition) is 3. The Morgan fingerprint density at radius 3 is 2.35 bits per heavy atom. The van der Waals surface area contributed by atoms with E-state index >= 15 is 0 Å². The molecule has 0 amide bonds. The number of hydrogen-bond donors (Lipinski definition) is 1. The molecule has 0 aliphatic carbocycles. The van der Waals surface area contributed by atoms with Crippen molar-refractivity contribution in [2.45, 2.75) is 12.8 Å². The molecule has 0 heterocycles. The highest BCUT2D eigenvalue weighted by Gasteiger charge is 2.05. The number of benzene rings is 2. The van der Waals surface area contributed by atoms with Crippen LogP contribution in [0, 0.1) is 0 Å². The molecule has 1 N–H and O–H groups in total. The van der Waals surface area contributed by atoms with Crippen LogP contribution in [-0.4, -0.2) is 43.4 Å². The van der Waals surface area contributed by atoms with Crippen LogP contribution >= 0.6 is 12.4 Å². The molecule has 4 heteroatoms. The van der Waals surface area contributed by atoms with Crippen molar-refractivity contribution < 1.29 is 9.84 Å². The lowest BCUT2D eigenvalue weighted by atomic mass is 10.1. The predicted octanol–water partition coefficient (Wildman–Crippen LogP) is 3.86. The fourth-order valence-corrected chi connectivity index (χ4v) is 2.40. The standard InChI is InChI=1S/C19H25NO2.ClH/c1-20(14-15-21)13-7-8-16-22-19-12-6-5-11-18(19)17-9-3-2-4-10-17;/h2-6,9-12,21H,7-8,13-16H2,1H3;1H. The van der Waals surface area contributed by atoms with Gasteiger partial charge in [-0.25, -0.2) is 0 Å². The minimum absolute atomic E-state index is 0. The van der Waals surface area contributed by atoms with E-state index in [1.165, 1.54) is 5.56 Å². The van der Waals surface area contributed by atoms with Gasteiger partial charge in [0.05, 0.1) is 13.2 Å². The molecule has 0 aliphatic rings. The van der Waals surface area contributed by atoms with Crippen LogP contribution in [0.25, 0.3) is 11.1 Å². The molecule has 0 aliphatic heterocycles. The van der Waals surface area contributed by atoms with Gasteiger partial charge >= 0.3 is 0 Å². The molecule has 2 aromatic rings. The molecule has 0 bridgehead atoms. The zero-order chi connectivity index (χ0) is 15.6. The number of halogens is 1. The third kappa shape index (κ3) is 6.61. The van der Waals surface area contributed by atoms with E-state index in [9.17, 15) is 0 Å². The molecule has 0 spiro atoms. The average Bonchev–Trinajstić information content (AvgIpc) is 2.56. The van der Waals surface area contributed by atoms with Gasteiger partial charge in [-0.3, -0.25) is 0 Å². The molecular weight excluding hydrogens is 310 g/mol. The number of ether oxygens (including phenoxy) is 1. The van der Waals surface area contributed by atoms with E-state index in [4.69, 9.17) is 9.84 Å². The van der Waals surface area contributed by atoms with Crippen LogP contribution in [0.15, 0.2) is 54.6 Å². The molecular formula is C19H26ClNO2. The van der Waals surface area contributed by atoms with E-state index in [1.54, 1.807) is 0 Å². The zero-order valence-corrected chi connectivity index (χ0v) is 14.5. The summed E-state index contributed by atoms with van der Waals surface area (Å²) in [5.74, 6) is 0.942. The van der Waals surface area contributed by atoms with Gasteiger partial charge in [0.2, 0.25) is 0 Å². The van der Waals surface area contributed by atoms with Crippen LogP contribution in [0.1, 0.15) is 12.8 Å². The Morgan fingerprint density at radius 2 is 1.61 bits per heavy atom. The molecule has 23 heavy (non-hydrogen) atoms.